The number of hydrogen-bond donors (Lipinski definition) is 2. The van der Waals surface area contributed by atoms with Crippen LogP contribution in [0.3, 0.4) is 0 Å². The van der Waals surface area contributed by atoms with E-state index in [9.17, 15) is 4.79 Å². The van der Waals surface area contributed by atoms with E-state index in [0.29, 0.717) is 13.0 Å². The summed E-state index contributed by atoms with van der Waals surface area (Å²) >= 11 is 0. The molecule has 5 heteroatoms. The second kappa shape index (κ2) is 6.92. The van der Waals surface area contributed by atoms with Gasteiger partial charge in [0.05, 0.1) is 12.2 Å². The van der Waals surface area contributed by atoms with Gasteiger partial charge in [-0.1, -0.05) is 13.0 Å². The number of aryl methyl sites for hydroxylation is 1. The first-order chi connectivity index (χ1) is 10.2. The van der Waals surface area contributed by atoms with Crippen molar-refractivity contribution in [3.63, 3.8) is 0 Å². The average Bonchev–Trinajstić information content (AvgIpc) is 2.95. The van der Waals surface area contributed by atoms with Crippen molar-refractivity contribution in [1.82, 2.24) is 9.78 Å². The topological polar surface area (TPSA) is 59.0 Å². The van der Waals surface area contributed by atoms with E-state index in [1.807, 2.05) is 49.0 Å². The van der Waals surface area contributed by atoms with Gasteiger partial charge in [0, 0.05) is 30.5 Å². The molecule has 0 aliphatic heterocycles. The fraction of sp³-hybridized carbons (Fsp3) is 0.375. The highest BCUT2D eigenvalue weighted by molar-refractivity contribution is 5.92. The van der Waals surface area contributed by atoms with E-state index in [1.54, 1.807) is 0 Å². The van der Waals surface area contributed by atoms with Crippen LogP contribution in [0.1, 0.15) is 31.5 Å². The van der Waals surface area contributed by atoms with Gasteiger partial charge in [-0.05, 0) is 37.6 Å². The molecule has 2 N–H and O–H groups in total. The Morgan fingerprint density at radius 1 is 1.24 bits per heavy atom. The number of amides is 1. The Bertz CT molecular complexity index is 618. The lowest BCUT2D eigenvalue weighted by atomic mass is 10.1. The molecule has 1 aromatic heterocycles. The maximum absolute atomic E-state index is 11.5. The van der Waals surface area contributed by atoms with Gasteiger partial charge in [0.15, 0.2) is 0 Å². The summed E-state index contributed by atoms with van der Waals surface area (Å²) in [5.74, 6) is 0.0271. The summed E-state index contributed by atoms with van der Waals surface area (Å²) in [5.41, 5.74) is 4.06. The normalized spacial score (nSPS) is 10.4. The summed E-state index contributed by atoms with van der Waals surface area (Å²) in [5, 5.41) is 10.6. The Kier molecular flexibility index (Phi) is 4.98. The van der Waals surface area contributed by atoms with Crippen LogP contribution >= 0.6 is 0 Å². The third-order valence-electron chi connectivity index (χ3n) is 3.49. The monoisotopic (exact) mass is 286 g/mol. The molecular weight excluding hydrogens is 264 g/mol. The van der Waals surface area contributed by atoms with E-state index < -0.39 is 0 Å². The van der Waals surface area contributed by atoms with Crippen molar-refractivity contribution in [1.29, 1.82) is 0 Å². The lowest BCUT2D eigenvalue weighted by molar-refractivity contribution is -0.115. The van der Waals surface area contributed by atoms with Crippen LogP contribution < -0.4 is 10.6 Å². The minimum Gasteiger partial charge on any atom is -0.379 e. The number of carbonyl (C=O) groups excluding carboxylic acids is 1. The summed E-state index contributed by atoms with van der Waals surface area (Å²) in [7, 11) is 0. The van der Waals surface area contributed by atoms with E-state index in [0.717, 1.165) is 29.2 Å². The lowest BCUT2D eigenvalue weighted by Crippen LogP contribution is -2.12. The standard InChI is InChI=1S/C16H22N4O/c1-4-16(21)19-15-8-6-7-14(12(15)3)17-11-13-9-10-18-20(13)5-2/h6-10,17H,4-5,11H2,1-3H3,(H,19,21). The number of nitrogens with one attached hydrogen (secondary N) is 2. The molecule has 1 amide bonds. The molecule has 1 heterocycles. The van der Waals surface area contributed by atoms with E-state index in [1.165, 1.54) is 0 Å². The summed E-state index contributed by atoms with van der Waals surface area (Å²) in [6.45, 7) is 7.49. The number of rotatable bonds is 6. The van der Waals surface area contributed by atoms with Crippen LogP contribution in [0.15, 0.2) is 30.5 Å². The van der Waals surface area contributed by atoms with Crippen LogP contribution in [0.2, 0.25) is 0 Å². The smallest absolute Gasteiger partial charge is 0.224 e. The zero-order chi connectivity index (χ0) is 15.2. The fourth-order valence-corrected chi connectivity index (χ4v) is 2.18. The molecule has 0 aliphatic rings. The van der Waals surface area contributed by atoms with E-state index in [-0.39, 0.29) is 5.91 Å². The van der Waals surface area contributed by atoms with Crippen LogP contribution in [0.4, 0.5) is 11.4 Å². The van der Waals surface area contributed by atoms with Crippen molar-refractivity contribution in [3.05, 3.63) is 41.7 Å². The summed E-state index contributed by atoms with van der Waals surface area (Å²) < 4.78 is 1.96. The molecule has 112 valence electrons. The molecule has 2 rings (SSSR count). The third-order valence-corrected chi connectivity index (χ3v) is 3.49. The maximum Gasteiger partial charge on any atom is 0.224 e. The van der Waals surface area contributed by atoms with Crippen LogP contribution in [0, 0.1) is 6.92 Å². The molecule has 0 spiro atoms. The molecule has 0 aliphatic carbocycles. The second-order valence-corrected chi connectivity index (χ2v) is 4.87. The maximum atomic E-state index is 11.5. The highest BCUT2D eigenvalue weighted by Gasteiger charge is 2.07. The van der Waals surface area contributed by atoms with Crippen LogP contribution in [0.5, 0.6) is 0 Å². The summed E-state index contributed by atoms with van der Waals surface area (Å²) in [6.07, 6.45) is 2.29. The van der Waals surface area contributed by atoms with Gasteiger partial charge in [-0.15, -0.1) is 0 Å². The SMILES string of the molecule is CCC(=O)Nc1cccc(NCc2ccnn2CC)c1C. The van der Waals surface area contributed by atoms with E-state index >= 15 is 0 Å². The molecule has 0 radical (unpaired) electrons. The van der Waals surface area contributed by atoms with Crippen LogP contribution in [-0.2, 0) is 17.9 Å². The van der Waals surface area contributed by atoms with Gasteiger partial charge in [0.2, 0.25) is 5.91 Å². The number of nitrogens with zero attached hydrogens (tertiary/aromatic N) is 2. The second-order valence-electron chi connectivity index (χ2n) is 4.87. The minimum atomic E-state index is 0.0271. The van der Waals surface area contributed by atoms with Crippen LogP contribution in [-0.4, -0.2) is 15.7 Å². The molecule has 21 heavy (non-hydrogen) atoms. The van der Waals surface area contributed by atoms with Gasteiger partial charge in [-0.3, -0.25) is 9.48 Å². The van der Waals surface area contributed by atoms with E-state index in [4.69, 9.17) is 0 Å². The number of hydrogen-bond acceptors (Lipinski definition) is 3. The number of benzene rings is 1. The largest absolute Gasteiger partial charge is 0.379 e. The first kappa shape index (κ1) is 15.1. The predicted octanol–water partition coefficient (Wildman–Crippen LogP) is 3.17. The number of aromatic nitrogens is 2. The number of anilines is 2. The zero-order valence-electron chi connectivity index (χ0n) is 12.8. The lowest BCUT2D eigenvalue weighted by Gasteiger charge is -2.14. The van der Waals surface area contributed by atoms with Crippen molar-refractivity contribution in [2.75, 3.05) is 10.6 Å². The van der Waals surface area contributed by atoms with Gasteiger partial charge >= 0.3 is 0 Å². The van der Waals surface area contributed by atoms with Gasteiger partial charge in [-0.2, -0.15) is 5.10 Å². The Morgan fingerprint density at radius 3 is 2.71 bits per heavy atom. The molecule has 0 saturated carbocycles. The predicted molar refractivity (Wildman–Crippen MR) is 85.3 cm³/mol. The molecule has 0 fully saturated rings. The third kappa shape index (κ3) is 3.62. The van der Waals surface area contributed by atoms with Crippen molar-refractivity contribution in [3.8, 4) is 0 Å². The Morgan fingerprint density at radius 2 is 2.00 bits per heavy atom. The van der Waals surface area contributed by atoms with Gasteiger partial charge in [-0.25, -0.2) is 0 Å². The number of carbonyl (C=O) groups is 1. The summed E-state index contributed by atoms with van der Waals surface area (Å²) in [4.78, 5) is 11.5. The Balaban J connectivity index is 2.10. The molecule has 0 saturated heterocycles. The molecule has 0 unspecified atom stereocenters. The van der Waals surface area contributed by atoms with Crippen LogP contribution in [0.25, 0.3) is 0 Å². The molecule has 5 nitrogen and oxygen atoms in total. The fourth-order valence-electron chi connectivity index (χ4n) is 2.18. The van der Waals surface area contributed by atoms with Gasteiger partial charge in [0.25, 0.3) is 0 Å². The Labute approximate surface area is 125 Å². The van der Waals surface area contributed by atoms with Gasteiger partial charge < -0.3 is 10.6 Å². The van der Waals surface area contributed by atoms with Crippen molar-refractivity contribution >= 4 is 17.3 Å². The molecule has 1 aromatic carbocycles. The highest BCUT2D eigenvalue weighted by Crippen LogP contribution is 2.24. The summed E-state index contributed by atoms with van der Waals surface area (Å²) in [6, 6.07) is 7.89. The van der Waals surface area contributed by atoms with Crippen molar-refractivity contribution in [2.24, 2.45) is 0 Å². The van der Waals surface area contributed by atoms with Crippen molar-refractivity contribution < 1.29 is 4.79 Å². The molecule has 0 atom stereocenters. The quantitative estimate of drug-likeness (QED) is 0.857. The average molecular weight is 286 g/mol. The Hall–Kier alpha value is -2.30. The molecule has 2 aromatic rings. The highest BCUT2D eigenvalue weighted by atomic mass is 16.1. The van der Waals surface area contributed by atoms with E-state index in [2.05, 4.69) is 22.7 Å². The molecular formula is C16H22N4O. The van der Waals surface area contributed by atoms with Crippen molar-refractivity contribution in [2.45, 2.75) is 40.3 Å². The first-order valence-electron chi connectivity index (χ1n) is 7.29. The van der Waals surface area contributed by atoms with Gasteiger partial charge in [0.1, 0.15) is 0 Å². The first-order valence-corrected chi connectivity index (χ1v) is 7.29. The molecule has 0 bridgehead atoms. The minimum absolute atomic E-state index is 0.0271. The zero-order valence-corrected chi connectivity index (χ0v) is 12.8.